The number of methoxy groups -OCH3 is 1. The zero-order valence-corrected chi connectivity index (χ0v) is 37.9. The van der Waals surface area contributed by atoms with Gasteiger partial charge in [0.25, 0.3) is 5.91 Å². The molecule has 2 aromatic heterocycles. The fourth-order valence-electron chi connectivity index (χ4n) is 8.80. The van der Waals surface area contributed by atoms with Gasteiger partial charge in [-0.2, -0.15) is 12.7 Å². The first kappa shape index (κ1) is 43.9. The second-order valence-electron chi connectivity index (χ2n) is 17.1. The van der Waals surface area contributed by atoms with Crippen LogP contribution < -0.4 is 24.8 Å². The van der Waals surface area contributed by atoms with E-state index in [2.05, 4.69) is 29.2 Å². The van der Waals surface area contributed by atoms with Gasteiger partial charge < -0.3 is 25.0 Å². The summed E-state index contributed by atoms with van der Waals surface area (Å²) in [5, 5.41) is 10.4. The Balaban J connectivity index is 1.15. The van der Waals surface area contributed by atoms with Crippen LogP contribution in [0.4, 0.5) is 5.69 Å². The highest BCUT2D eigenvalue weighted by Crippen LogP contribution is 2.46. The van der Waals surface area contributed by atoms with E-state index in [1.54, 1.807) is 24.1 Å². The third-order valence-corrected chi connectivity index (χ3v) is 15.0. The third kappa shape index (κ3) is 9.15. The number of aryl methyl sites for hydroxylation is 1. The van der Waals surface area contributed by atoms with E-state index in [9.17, 15) is 22.8 Å². The number of rotatable bonds is 10. The van der Waals surface area contributed by atoms with Crippen LogP contribution in [0.3, 0.4) is 0 Å². The molecule has 8 rings (SSSR count). The summed E-state index contributed by atoms with van der Waals surface area (Å²) < 4.78 is 42.8. The molecule has 2 aromatic carbocycles. The van der Waals surface area contributed by atoms with Gasteiger partial charge >= 0.3 is 10.2 Å². The number of allylic oxidation sites excluding steroid dienone is 1. The van der Waals surface area contributed by atoms with Crippen LogP contribution in [0.25, 0.3) is 21.6 Å². The minimum absolute atomic E-state index is 0.0690. The average molecular weight is 905 g/mol. The molecule has 0 radical (unpaired) electrons. The van der Waals surface area contributed by atoms with Gasteiger partial charge in [0, 0.05) is 58.5 Å². The molecule has 4 aromatic rings. The highest BCUT2D eigenvalue weighted by Gasteiger charge is 2.62. The monoisotopic (exact) mass is 903 g/mol. The molecule has 17 heteroatoms. The highest BCUT2D eigenvalue weighted by atomic mass is 35.5. The van der Waals surface area contributed by atoms with Crippen LogP contribution in [0.15, 0.2) is 60.0 Å². The van der Waals surface area contributed by atoms with Crippen LogP contribution in [0.2, 0.25) is 5.02 Å². The molecule has 3 N–H and O–H groups in total. The van der Waals surface area contributed by atoms with Crippen LogP contribution in [0.1, 0.15) is 88.8 Å². The zero-order chi connectivity index (χ0) is 43.8. The number of anilines is 1. The molecule has 5 heterocycles. The van der Waals surface area contributed by atoms with Gasteiger partial charge in [0.05, 0.1) is 24.9 Å². The number of pyridine rings is 1. The molecule has 3 aliphatic heterocycles. The number of nitrogens with one attached hydrogen (secondary N) is 3. The first-order valence-corrected chi connectivity index (χ1v) is 24.2. The number of ether oxygens (including phenoxy) is 2. The number of benzene rings is 2. The van der Waals surface area contributed by atoms with Gasteiger partial charge in [-0.05, 0) is 81.7 Å². The van der Waals surface area contributed by atoms with Gasteiger partial charge in [-0.3, -0.25) is 14.4 Å². The van der Waals surface area contributed by atoms with Crippen LogP contribution in [-0.2, 0) is 24.6 Å². The Kier molecular flexibility index (Phi) is 12.8. The van der Waals surface area contributed by atoms with Crippen molar-refractivity contribution in [2.24, 2.45) is 5.92 Å². The highest BCUT2D eigenvalue weighted by molar-refractivity contribution is 7.87. The number of carbonyl (C=O) groups excluding carboxylic acids is 3. The lowest BCUT2D eigenvalue weighted by molar-refractivity contribution is -0.140. The van der Waals surface area contributed by atoms with Crippen LogP contribution in [0, 0.1) is 12.8 Å². The molecule has 4 aliphatic rings. The van der Waals surface area contributed by atoms with E-state index in [1.807, 2.05) is 54.8 Å². The zero-order valence-electron chi connectivity index (χ0n) is 35.5. The largest absolute Gasteiger partial charge is 0.496 e. The minimum Gasteiger partial charge on any atom is -0.496 e. The molecule has 0 bridgehead atoms. The van der Waals surface area contributed by atoms with Gasteiger partial charge in [0.2, 0.25) is 11.8 Å². The van der Waals surface area contributed by atoms with Gasteiger partial charge in [-0.25, -0.2) is 14.7 Å². The van der Waals surface area contributed by atoms with E-state index in [1.165, 1.54) is 15.6 Å². The maximum Gasteiger partial charge on any atom is 0.303 e. The van der Waals surface area contributed by atoms with Gasteiger partial charge in [-0.1, -0.05) is 56.5 Å². The molecule has 2 saturated heterocycles. The first-order valence-electron chi connectivity index (χ1n) is 21.5. The molecule has 14 nitrogen and oxygen atoms in total. The van der Waals surface area contributed by atoms with Crippen molar-refractivity contribution in [3.63, 3.8) is 0 Å². The Labute approximate surface area is 372 Å². The molecular formula is C45H54ClN7O7S2. The molecule has 0 spiro atoms. The Hall–Kier alpha value is -4.77. The quantitative estimate of drug-likeness (QED) is 0.139. The summed E-state index contributed by atoms with van der Waals surface area (Å²) in [5.74, 6) is -0.658. The van der Waals surface area contributed by atoms with Crippen LogP contribution in [-0.4, -0.2) is 95.8 Å². The number of fused-ring (bicyclic) bond motifs is 3. The van der Waals surface area contributed by atoms with E-state index in [-0.39, 0.29) is 31.2 Å². The number of thiazole rings is 1. The second kappa shape index (κ2) is 18.1. The van der Waals surface area contributed by atoms with Crippen molar-refractivity contribution in [3.8, 4) is 22.2 Å². The molecule has 5 atom stereocenters. The fraction of sp³-hybridized carbons (Fsp3) is 0.489. The number of nitrogens with zero attached hydrogens (tertiary/aromatic N) is 4. The summed E-state index contributed by atoms with van der Waals surface area (Å²) in [6.07, 6.45) is 8.68. The van der Waals surface area contributed by atoms with E-state index >= 15 is 0 Å². The van der Waals surface area contributed by atoms with Crippen molar-refractivity contribution in [1.82, 2.24) is 29.2 Å². The predicted octanol–water partition coefficient (Wildman–Crippen LogP) is 7.13. The maximum absolute atomic E-state index is 14.9. The predicted molar refractivity (Wildman–Crippen MR) is 241 cm³/mol. The Morgan fingerprint density at radius 1 is 1.05 bits per heavy atom. The third-order valence-electron chi connectivity index (χ3n) is 12.4. The van der Waals surface area contributed by atoms with Crippen LogP contribution in [0.5, 0.6) is 11.5 Å². The van der Waals surface area contributed by atoms with Crippen molar-refractivity contribution < 1.29 is 32.3 Å². The lowest BCUT2D eigenvalue weighted by Crippen LogP contribution is -2.58. The normalized spacial score (nSPS) is 25.4. The molecule has 3 fully saturated rings. The summed E-state index contributed by atoms with van der Waals surface area (Å²) in [4.78, 5) is 55.3. The van der Waals surface area contributed by atoms with E-state index < -0.39 is 51.7 Å². The molecular weight excluding hydrogens is 850 g/mol. The van der Waals surface area contributed by atoms with Crippen molar-refractivity contribution in [2.45, 2.75) is 108 Å². The standard InChI is InChI=1S/C45H54ClN7O7S2/c1-27(2)36-26-61-42(49-36)35-23-39(33-17-18-38(59-4)28(3)40(33)48-35)60-32-22-37-41(54)50-45(44(56)51-62(57,58)52-19-10-11-20-52)24-29(45)13-8-6-5-7-9-16-34(43(55)53(37)25-32)47-31-15-12-14-30(46)21-31/h8,12-15,17-18,21,23,26-27,29,32,34,37,47H,5-7,9-11,16,19-20,22,24-25H2,1-4H3,(H,50,54)(H,51,56)/b13-8-/t29-,32-,34+,37+,45-/m1/s1. The number of amides is 3. The molecule has 1 saturated carbocycles. The van der Waals surface area contributed by atoms with E-state index in [0.29, 0.717) is 65.8 Å². The molecule has 1 aliphatic carbocycles. The summed E-state index contributed by atoms with van der Waals surface area (Å²) in [6.45, 7) is 6.82. The summed E-state index contributed by atoms with van der Waals surface area (Å²) >= 11 is 7.86. The van der Waals surface area contributed by atoms with E-state index in [4.69, 9.17) is 31.0 Å². The average Bonchev–Trinajstić information content (AvgIpc) is 3.75. The van der Waals surface area contributed by atoms with Gasteiger partial charge in [0.15, 0.2) is 0 Å². The number of halogens is 1. The molecule has 3 amide bonds. The smallest absolute Gasteiger partial charge is 0.303 e. The topological polar surface area (TPSA) is 172 Å². The fourth-order valence-corrected chi connectivity index (χ4v) is 11.2. The SMILES string of the molecule is COc1ccc2c(O[C@@H]3C[C@H]4C(=O)N[C@]5(C(=O)NS(=O)(=O)N6CCCC6)C[C@H]5/C=C\CCCCC[C@H](Nc5cccc(Cl)c5)C(=O)N4C3)cc(-c3nc(C(C)C)cs3)nc2c1C. The molecule has 0 unspecified atom stereocenters. The Morgan fingerprint density at radius 2 is 1.85 bits per heavy atom. The summed E-state index contributed by atoms with van der Waals surface area (Å²) in [6, 6.07) is 11.0. The van der Waals surface area contributed by atoms with E-state index in [0.717, 1.165) is 47.3 Å². The van der Waals surface area contributed by atoms with Gasteiger partial charge in [-0.15, -0.1) is 11.3 Å². The number of carbonyl (C=O) groups is 3. The number of hydrogen-bond acceptors (Lipinski definition) is 11. The van der Waals surface area contributed by atoms with Crippen molar-refractivity contribution in [3.05, 3.63) is 76.3 Å². The Bertz CT molecular complexity index is 2490. The van der Waals surface area contributed by atoms with Crippen molar-refractivity contribution in [1.29, 1.82) is 0 Å². The summed E-state index contributed by atoms with van der Waals surface area (Å²) in [5.41, 5.74) is 2.24. The molecule has 330 valence electrons. The maximum atomic E-state index is 14.9. The first-order chi connectivity index (χ1) is 29.8. The van der Waals surface area contributed by atoms with Crippen molar-refractivity contribution in [2.75, 3.05) is 32.1 Å². The lowest BCUT2D eigenvalue weighted by atomic mass is 10.0. The minimum atomic E-state index is -4.13. The molecule has 62 heavy (non-hydrogen) atoms. The Morgan fingerprint density at radius 3 is 2.60 bits per heavy atom. The number of aromatic nitrogens is 2. The lowest BCUT2D eigenvalue weighted by Gasteiger charge is -2.30. The van der Waals surface area contributed by atoms with Crippen LogP contribution >= 0.6 is 22.9 Å². The second-order valence-corrected chi connectivity index (χ2v) is 20.1. The van der Waals surface area contributed by atoms with Gasteiger partial charge in [0.1, 0.15) is 45.9 Å². The summed E-state index contributed by atoms with van der Waals surface area (Å²) in [7, 11) is -2.51. The number of hydrogen-bond donors (Lipinski definition) is 3. The van der Waals surface area contributed by atoms with Crippen molar-refractivity contribution >= 4 is 67.5 Å².